The van der Waals surface area contributed by atoms with Crippen LogP contribution in [0.1, 0.15) is 58.3 Å². The minimum atomic E-state index is 0.0684. The number of carbonyl (C=O) groups excluding carboxylic acids is 2. The summed E-state index contributed by atoms with van der Waals surface area (Å²) in [6, 6.07) is 17.7. The summed E-state index contributed by atoms with van der Waals surface area (Å²) in [7, 11) is 0. The molecule has 3 aromatic rings. The zero-order valence-electron chi connectivity index (χ0n) is 23.2. The first kappa shape index (κ1) is 28.7. The molecule has 2 amide bonds. The summed E-state index contributed by atoms with van der Waals surface area (Å²) < 4.78 is 2.06. The number of benzene rings is 2. The lowest BCUT2D eigenvalue weighted by Gasteiger charge is -2.40. The molecule has 2 fully saturated rings. The van der Waals surface area contributed by atoms with Crippen LogP contribution in [0.25, 0.3) is 17.1 Å². The van der Waals surface area contributed by atoms with Crippen LogP contribution >= 0.6 is 23.4 Å². The van der Waals surface area contributed by atoms with Gasteiger partial charge < -0.3 is 9.80 Å². The van der Waals surface area contributed by atoms with Crippen molar-refractivity contribution >= 4 is 35.2 Å². The smallest absolute Gasteiger partial charge is 0.222 e. The fraction of sp³-hybridized carbons (Fsp3) is 0.484. The molecule has 0 spiro atoms. The number of carbonyl (C=O) groups is 2. The molecule has 1 atom stereocenters. The molecule has 1 aliphatic heterocycles. The van der Waals surface area contributed by atoms with Gasteiger partial charge in [-0.25, -0.2) is 0 Å². The van der Waals surface area contributed by atoms with Gasteiger partial charge in [-0.1, -0.05) is 67.2 Å². The number of rotatable bonds is 10. The highest BCUT2D eigenvalue weighted by Crippen LogP contribution is 2.30. The van der Waals surface area contributed by atoms with E-state index in [1.807, 2.05) is 64.4 Å². The van der Waals surface area contributed by atoms with Crippen LogP contribution in [-0.4, -0.2) is 67.8 Å². The van der Waals surface area contributed by atoms with E-state index >= 15 is 0 Å². The van der Waals surface area contributed by atoms with Crippen LogP contribution in [-0.2, 0) is 9.59 Å². The first-order valence-corrected chi connectivity index (χ1v) is 15.8. The number of aromatic nitrogens is 3. The lowest BCUT2D eigenvalue weighted by molar-refractivity contribution is -0.142. The Hall–Kier alpha value is -2.84. The molecule has 40 heavy (non-hydrogen) atoms. The molecule has 0 bridgehead atoms. The Morgan fingerprint density at radius 1 is 0.950 bits per heavy atom. The highest BCUT2D eigenvalue weighted by molar-refractivity contribution is 7.99. The summed E-state index contributed by atoms with van der Waals surface area (Å²) in [6.45, 7) is 3.95. The topological polar surface area (TPSA) is 71.3 Å². The summed E-state index contributed by atoms with van der Waals surface area (Å²) in [4.78, 5) is 29.8. The van der Waals surface area contributed by atoms with Crippen molar-refractivity contribution in [2.45, 2.75) is 69.5 Å². The van der Waals surface area contributed by atoms with E-state index in [1.54, 1.807) is 11.8 Å². The van der Waals surface area contributed by atoms with E-state index in [4.69, 9.17) is 11.6 Å². The molecule has 2 aliphatic rings. The molecule has 2 heterocycles. The van der Waals surface area contributed by atoms with Crippen molar-refractivity contribution < 1.29 is 9.59 Å². The van der Waals surface area contributed by atoms with Gasteiger partial charge in [0.2, 0.25) is 11.8 Å². The molecule has 1 saturated carbocycles. The SMILES string of the molecule is CC1CN(C(=O)CCCSc2nnc(-c3ccc(Cl)cc3)n2-c2ccccc2)CCN1C(=O)CCC1CCCC1. The van der Waals surface area contributed by atoms with Crippen LogP contribution in [0.2, 0.25) is 5.02 Å². The van der Waals surface area contributed by atoms with Gasteiger partial charge in [-0.2, -0.15) is 0 Å². The van der Waals surface area contributed by atoms with Crippen molar-refractivity contribution in [1.29, 1.82) is 0 Å². The minimum Gasteiger partial charge on any atom is -0.339 e. The molecule has 7 nitrogen and oxygen atoms in total. The molecule has 1 aliphatic carbocycles. The van der Waals surface area contributed by atoms with E-state index in [9.17, 15) is 9.59 Å². The maximum Gasteiger partial charge on any atom is 0.222 e. The van der Waals surface area contributed by atoms with Crippen LogP contribution in [0, 0.1) is 5.92 Å². The van der Waals surface area contributed by atoms with Crippen molar-refractivity contribution in [3.63, 3.8) is 0 Å². The highest BCUT2D eigenvalue weighted by Gasteiger charge is 2.30. The summed E-state index contributed by atoms with van der Waals surface area (Å²) in [5, 5.41) is 10.4. The molecule has 0 radical (unpaired) electrons. The molecule has 1 aromatic heterocycles. The predicted octanol–water partition coefficient (Wildman–Crippen LogP) is 6.49. The van der Waals surface area contributed by atoms with E-state index in [2.05, 4.69) is 21.7 Å². The minimum absolute atomic E-state index is 0.0684. The van der Waals surface area contributed by atoms with Crippen molar-refractivity contribution in [2.24, 2.45) is 5.92 Å². The van der Waals surface area contributed by atoms with E-state index in [0.717, 1.165) is 46.7 Å². The molecule has 0 N–H and O–H groups in total. The second-order valence-electron chi connectivity index (χ2n) is 10.9. The average molecular weight is 580 g/mol. The molecular formula is C31H38ClN5O2S. The fourth-order valence-corrected chi connectivity index (χ4v) is 6.85. The maximum atomic E-state index is 13.0. The molecular weight excluding hydrogens is 542 g/mol. The van der Waals surface area contributed by atoms with Crippen LogP contribution in [0.5, 0.6) is 0 Å². The number of nitrogens with zero attached hydrogens (tertiary/aromatic N) is 5. The third-order valence-electron chi connectivity index (χ3n) is 8.06. The second kappa shape index (κ2) is 13.7. The van der Waals surface area contributed by atoms with Gasteiger partial charge in [0.1, 0.15) is 0 Å². The second-order valence-corrected chi connectivity index (χ2v) is 12.4. The first-order chi connectivity index (χ1) is 19.5. The van der Waals surface area contributed by atoms with Gasteiger partial charge in [-0.05, 0) is 62.1 Å². The number of hydrogen-bond acceptors (Lipinski definition) is 5. The summed E-state index contributed by atoms with van der Waals surface area (Å²) in [5.74, 6) is 2.66. The number of halogens is 1. The van der Waals surface area contributed by atoms with E-state index in [-0.39, 0.29) is 17.9 Å². The summed E-state index contributed by atoms with van der Waals surface area (Å²) in [5.41, 5.74) is 1.92. The van der Waals surface area contributed by atoms with E-state index in [0.29, 0.717) is 37.5 Å². The number of thioether (sulfide) groups is 1. The largest absolute Gasteiger partial charge is 0.339 e. The molecule has 1 saturated heterocycles. The summed E-state index contributed by atoms with van der Waals surface area (Å²) >= 11 is 7.71. The quantitative estimate of drug-likeness (QED) is 0.203. The lowest BCUT2D eigenvalue weighted by atomic mass is 10.0. The Balaban J connectivity index is 1.12. The van der Waals surface area contributed by atoms with Crippen LogP contribution in [0.4, 0.5) is 0 Å². The first-order valence-electron chi connectivity index (χ1n) is 14.5. The number of amides is 2. The molecule has 2 aromatic carbocycles. The van der Waals surface area contributed by atoms with Crippen LogP contribution in [0.3, 0.4) is 0 Å². The molecule has 9 heteroatoms. The van der Waals surface area contributed by atoms with Gasteiger partial charge in [-0.3, -0.25) is 14.2 Å². The lowest BCUT2D eigenvalue weighted by Crippen LogP contribution is -2.55. The Morgan fingerprint density at radius 2 is 1.70 bits per heavy atom. The average Bonchev–Trinajstić information content (AvgIpc) is 3.65. The van der Waals surface area contributed by atoms with Gasteiger partial charge in [0.05, 0.1) is 0 Å². The van der Waals surface area contributed by atoms with Crippen molar-refractivity contribution in [3.8, 4) is 17.1 Å². The fourth-order valence-electron chi connectivity index (χ4n) is 5.83. The van der Waals surface area contributed by atoms with Gasteiger partial charge in [0, 0.05) is 60.5 Å². The molecule has 1 unspecified atom stereocenters. The van der Waals surface area contributed by atoms with Gasteiger partial charge in [0.15, 0.2) is 11.0 Å². The Kier molecular flexibility index (Phi) is 9.81. The van der Waals surface area contributed by atoms with Crippen LogP contribution < -0.4 is 0 Å². The summed E-state index contributed by atoms with van der Waals surface area (Å²) in [6.07, 6.45) is 8.07. The zero-order chi connectivity index (χ0) is 27.9. The van der Waals surface area contributed by atoms with E-state index < -0.39 is 0 Å². The van der Waals surface area contributed by atoms with Crippen LogP contribution in [0.15, 0.2) is 59.8 Å². The van der Waals surface area contributed by atoms with Gasteiger partial charge in [0.25, 0.3) is 0 Å². The predicted molar refractivity (Wildman–Crippen MR) is 161 cm³/mol. The van der Waals surface area contributed by atoms with Gasteiger partial charge in [-0.15, -0.1) is 10.2 Å². The molecule has 5 rings (SSSR count). The van der Waals surface area contributed by atoms with Crippen molar-refractivity contribution in [1.82, 2.24) is 24.6 Å². The number of piperazine rings is 1. The Bertz CT molecular complexity index is 1280. The van der Waals surface area contributed by atoms with E-state index in [1.165, 1.54) is 25.7 Å². The van der Waals surface area contributed by atoms with Crippen molar-refractivity contribution in [3.05, 3.63) is 59.6 Å². The normalized spacial score (nSPS) is 17.9. The third kappa shape index (κ3) is 7.07. The Morgan fingerprint density at radius 3 is 2.42 bits per heavy atom. The monoisotopic (exact) mass is 579 g/mol. The number of hydrogen-bond donors (Lipinski definition) is 0. The number of para-hydroxylation sites is 1. The molecule has 212 valence electrons. The standard InChI is InChI=1S/C31H38ClN5O2S/c1-23-22-35(19-20-36(23)29(39)18-13-24-8-5-6-9-24)28(38)12-7-21-40-31-34-33-30(25-14-16-26(32)17-15-25)37(31)27-10-3-2-4-11-27/h2-4,10-11,14-17,23-24H,5-9,12-13,18-22H2,1H3. The maximum absolute atomic E-state index is 13.0. The third-order valence-corrected chi connectivity index (χ3v) is 9.33. The highest BCUT2D eigenvalue weighted by atomic mass is 35.5. The van der Waals surface area contributed by atoms with Crippen molar-refractivity contribution in [2.75, 3.05) is 25.4 Å². The van der Waals surface area contributed by atoms with Gasteiger partial charge >= 0.3 is 0 Å². The Labute approximate surface area is 246 Å². The zero-order valence-corrected chi connectivity index (χ0v) is 24.7.